The van der Waals surface area contributed by atoms with Crippen molar-refractivity contribution in [2.24, 2.45) is 0 Å². The molecular formula is C23H20N2O8. The van der Waals surface area contributed by atoms with E-state index in [1.807, 2.05) is 0 Å². The molecule has 8 N–H and O–H groups in total. The normalized spacial score (nSPS) is 11.1. The van der Waals surface area contributed by atoms with E-state index in [0.717, 1.165) is 12.1 Å². The number of hydrogen-bond donors (Lipinski definition) is 8. The van der Waals surface area contributed by atoms with Gasteiger partial charge in [-0.25, -0.2) is 0 Å². The van der Waals surface area contributed by atoms with Crippen LogP contribution in [0.2, 0.25) is 0 Å². The number of carbonyl (C=O) groups excluding carboxylic acids is 2. The van der Waals surface area contributed by atoms with Crippen LogP contribution in [0.1, 0.15) is 21.5 Å². The predicted molar refractivity (Wildman–Crippen MR) is 117 cm³/mol. The molecule has 0 heterocycles. The summed E-state index contributed by atoms with van der Waals surface area (Å²) < 4.78 is 0. The van der Waals surface area contributed by atoms with Crippen LogP contribution in [0.4, 0.5) is 0 Å². The molecule has 0 fully saturated rings. The van der Waals surface area contributed by atoms with Crippen molar-refractivity contribution in [3.8, 4) is 34.5 Å². The Labute approximate surface area is 187 Å². The van der Waals surface area contributed by atoms with Gasteiger partial charge in [-0.05, 0) is 59.7 Å². The molecule has 2 amide bonds. The quantitative estimate of drug-likeness (QED) is 0.207. The van der Waals surface area contributed by atoms with E-state index < -0.39 is 29.1 Å². The Morgan fingerprint density at radius 3 is 1.88 bits per heavy atom. The van der Waals surface area contributed by atoms with Gasteiger partial charge in [0, 0.05) is 12.1 Å². The Balaban J connectivity index is 1.86. The first-order valence-corrected chi connectivity index (χ1v) is 9.50. The van der Waals surface area contributed by atoms with E-state index in [2.05, 4.69) is 10.6 Å². The van der Waals surface area contributed by atoms with E-state index in [1.54, 1.807) is 0 Å². The van der Waals surface area contributed by atoms with Crippen molar-refractivity contribution in [2.45, 2.75) is 6.54 Å². The minimum atomic E-state index is -0.767. The molecule has 0 aliphatic carbocycles. The lowest BCUT2D eigenvalue weighted by Gasteiger charge is -2.12. The highest BCUT2D eigenvalue weighted by Gasteiger charge is 2.16. The number of rotatable bonds is 6. The monoisotopic (exact) mass is 452 g/mol. The van der Waals surface area contributed by atoms with E-state index in [-0.39, 0.29) is 40.6 Å². The summed E-state index contributed by atoms with van der Waals surface area (Å²) in [7, 11) is 0. The van der Waals surface area contributed by atoms with Crippen LogP contribution in [-0.2, 0) is 11.3 Å². The molecule has 0 aromatic heterocycles. The average Bonchev–Trinajstić information content (AvgIpc) is 2.78. The molecule has 0 bridgehead atoms. The molecule has 0 aliphatic rings. The molecule has 3 rings (SSSR count). The Bertz CT molecular complexity index is 1250. The minimum absolute atomic E-state index is 0.0407. The van der Waals surface area contributed by atoms with E-state index in [0.29, 0.717) is 5.56 Å². The summed E-state index contributed by atoms with van der Waals surface area (Å²) in [5.74, 6) is -3.92. The van der Waals surface area contributed by atoms with E-state index >= 15 is 0 Å². The number of hydrogen-bond acceptors (Lipinski definition) is 8. The Morgan fingerprint density at radius 1 is 0.697 bits per heavy atom. The third-order valence-corrected chi connectivity index (χ3v) is 4.53. The number of benzene rings is 3. The van der Waals surface area contributed by atoms with E-state index in [9.17, 15) is 40.2 Å². The van der Waals surface area contributed by atoms with Crippen LogP contribution < -0.4 is 10.6 Å². The molecule has 170 valence electrons. The highest BCUT2D eigenvalue weighted by molar-refractivity contribution is 6.05. The maximum absolute atomic E-state index is 12.8. The minimum Gasteiger partial charge on any atom is -0.504 e. The SMILES string of the molecule is O=C(NCc1ccc(O)c(O)c1)C(=Cc1ccc(O)c(O)c1)NC(=O)c1ccc(O)c(O)c1. The number of aromatic hydroxyl groups is 6. The van der Waals surface area contributed by atoms with Gasteiger partial charge in [0.05, 0.1) is 0 Å². The van der Waals surface area contributed by atoms with Gasteiger partial charge in [0.15, 0.2) is 34.5 Å². The van der Waals surface area contributed by atoms with E-state index in [1.165, 1.54) is 48.5 Å². The van der Waals surface area contributed by atoms with Gasteiger partial charge in [-0.15, -0.1) is 0 Å². The summed E-state index contributed by atoms with van der Waals surface area (Å²) in [5.41, 5.74) is 0.475. The Hall–Kier alpha value is -4.86. The van der Waals surface area contributed by atoms with Crippen LogP contribution in [0.5, 0.6) is 34.5 Å². The number of nitrogens with one attached hydrogen (secondary N) is 2. The highest BCUT2D eigenvalue weighted by Crippen LogP contribution is 2.27. The van der Waals surface area contributed by atoms with Crippen LogP contribution >= 0.6 is 0 Å². The van der Waals surface area contributed by atoms with Gasteiger partial charge in [0.25, 0.3) is 11.8 Å². The molecule has 0 spiro atoms. The topological polar surface area (TPSA) is 180 Å². The average molecular weight is 452 g/mol. The molecule has 0 radical (unpaired) electrons. The summed E-state index contributed by atoms with van der Waals surface area (Å²) in [6.45, 7) is -0.0549. The van der Waals surface area contributed by atoms with Gasteiger partial charge >= 0.3 is 0 Å². The Morgan fingerprint density at radius 2 is 1.27 bits per heavy atom. The van der Waals surface area contributed by atoms with Crippen LogP contribution in [0.3, 0.4) is 0 Å². The maximum Gasteiger partial charge on any atom is 0.268 e. The fourth-order valence-corrected chi connectivity index (χ4v) is 2.77. The first-order valence-electron chi connectivity index (χ1n) is 9.50. The van der Waals surface area contributed by atoms with Crippen LogP contribution in [-0.4, -0.2) is 42.5 Å². The van der Waals surface area contributed by atoms with Crippen molar-refractivity contribution >= 4 is 17.9 Å². The van der Waals surface area contributed by atoms with Gasteiger partial charge in [-0.2, -0.15) is 0 Å². The number of amides is 2. The predicted octanol–water partition coefficient (Wildman–Crippen LogP) is 2.01. The van der Waals surface area contributed by atoms with E-state index in [4.69, 9.17) is 0 Å². The molecular weight excluding hydrogens is 432 g/mol. The van der Waals surface area contributed by atoms with Gasteiger partial charge in [-0.3, -0.25) is 9.59 Å². The van der Waals surface area contributed by atoms with Crippen molar-refractivity contribution in [3.05, 3.63) is 77.0 Å². The second-order valence-corrected chi connectivity index (χ2v) is 6.97. The van der Waals surface area contributed by atoms with Crippen molar-refractivity contribution in [1.29, 1.82) is 0 Å². The smallest absolute Gasteiger partial charge is 0.268 e. The van der Waals surface area contributed by atoms with Crippen molar-refractivity contribution in [3.63, 3.8) is 0 Å². The van der Waals surface area contributed by atoms with Gasteiger partial charge in [0.2, 0.25) is 0 Å². The van der Waals surface area contributed by atoms with Gasteiger partial charge < -0.3 is 41.3 Å². The molecule has 33 heavy (non-hydrogen) atoms. The Kier molecular flexibility index (Phi) is 6.58. The van der Waals surface area contributed by atoms with Crippen molar-refractivity contribution in [2.75, 3.05) is 0 Å². The molecule has 0 saturated heterocycles. The largest absolute Gasteiger partial charge is 0.504 e. The van der Waals surface area contributed by atoms with Crippen molar-refractivity contribution in [1.82, 2.24) is 10.6 Å². The standard InChI is InChI=1S/C23H20N2O8/c26-16-4-1-12(8-19(16)29)7-15(25-22(32)14-3-6-18(28)21(31)10-14)23(33)24-11-13-2-5-17(27)20(30)9-13/h1-10,26-31H,11H2,(H,24,33)(H,25,32). The molecule has 0 unspecified atom stereocenters. The summed E-state index contributed by atoms with van der Waals surface area (Å²) in [6, 6.07) is 11.2. The fraction of sp³-hybridized carbons (Fsp3) is 0.0435. The summed E-state index contributed by atoms with van der Waals surface area (Å²) in [4.78, 5) is 25.4. The third kappa shape index (κ3) is 5.64. The zero-order valence-corrected chi connectivity index (χ0v) is 17.0. The second-order valence-electron chi connectivity index (χ2n) is 6.97. The highest BCUT2D eigenvalue weighted by atomic mass is 16.3. The first-order chi connectivity index (χ1) is 15.6. The fourth-order valence-electron chi connectivity index (χ4n) is 2.77. The summed E-state index contributed by atoms with van der Waals surface area (Å²) in [5, 5.41) is 62.2. The van der Waals surface area contributed by atoms with Crippen molar-refractivity contribution < 1.29 is 40.2 Å². The number of phenols is 6. The number of phenolic OH excluding ortho intramolecular Hbond substituents is 6. The maximum atomic E-state index is 12.8. The zero-order valence-electron chi connectivity index (χ0n) is 17.0. The lowest BCUT2D eigenvalue weighted by Crippen LogP contribution is -2.34. The first kappa shape index (κ1) is 22.8. The van der Waals surface area contributed by atoms with Crippen LogP contribution in [0.15, 0.2) is 60.3 Å². The lowest BCUT2D eigenvalue weighted by atomic mass is 10.1. The summed E-state index contributed by atoms with van der Waals surface area (Å²) >= 11 is 0. The molecule has 10 heteroatoms. The van der Waals surface area contributed by atoms with Gasteiger partial charge in [-0.1, -0.05) is 12.1 Å². The lowest BCUT2D eigenvalue weighted by molar-refractivity contribution is -0.117. The zero-order chi connectivity index (χ0) is 24.1. The molecule has 3 aromatic carbocycles. The third-order valence-electron chi connectivity index (χ3n) is 4.53. The number of carbonyl (C=O) groups is 2. The molecule has 10 nitrogen and oxygen atoms in total. The van der Waals surface area contributed by atoms with Crippen LogP contribution in [0.25, 0.3) is 6.08 Å². The van der Waals surface area contributed by atoms with Gasteiger partial charge in [0.1, 0.15) is 5.70 Å². The summed E-state index contributed by atoms with van der Waals surface area (Å²) in [6.07, 6.45) is 1.25. The molecule has 0 saturated carbocycles. The van der Waals surface area contributed by atoms with Crippen LogP contribution in [0, 0.1) is 0 Å². The molecule has 0 aliphatic heterocycles. The molecule has 0 atom stereocenters. The molecule has 3 aromatic rings. The second kappa shape index (κ2) is 9.52.